The minimum absolute atomic E-state index is 0. The van der Waals surface area contributed by atoms with Gasteiger partial charge in [0, 0.05) is 24.5 Å². The van der Waals surface area contributed by atoms with Gasteiger partial charge in [0.1, 0.15) is 10.7 Å². The highest BCUT2D eigenvalue weighted by atomic mass is 35.5. The van der Waals surface area contributed by atoms with Gasteiger partial charge in [0.25, 0.3) is 5.91 Å². The average Bonchev–Trinajstić information content (AvgIpc) is 3.19. The molecule has 1 N–H and O–H groups in total. The summed E-state index contributed by atoms with van der Waals surface area (Å²) in [4.78, 5) is 20.2. The summed E-state index contributed by atoms with van der Waals surface area (Å²) in [5.41, 5.74) is 0.585. The number of amides is 1. The van der Waals surface area contributed by atoms with E-state index in [1.165, 1.54) is 0 Å². The number of likely N-dealkylation sites (tertiary alicyclic amines) is 1. The molecule has 1 atom stereocenters. The molecule has 1 saturated heterocycles. The highest BCUT2D eigenvalue weighted by Crippen LogP contribution is 2.29. The van der Waals surface area contributed by atoms with Gasteiger partial charge in [-0.05, 0) is 31.3 Å². The van der Waals surface area contributed by atoms with Crippen molar-refractivity contribution in [3.05, 3.63) is 28.6 Å². The van der Waals surface area contributed by atoms with Crippen LogP contribution in [0.25, 0.3) is 9.88 Å². The zero-order valence-corrected chi connectivity index (χ0v) is 15.4. The fraction of sp³-hybridized carbons (Fsp3) is 0.429. The molecule has 2 aromatic heterocycles. The number of aromatic nitrogens is 1. The van der Waals surface area contributed by atoms with Crippen LogP contribution >= 0.6 is 47.5 Å². The lowest BCUT2D eigenvalue weighted by Crippen LogP contribution is -2.40. The summed E-state index contributed by atoms with van der Waals surface area (Å²) in [5.74, 6) is 0.0711. The molecule has 0 aliphatic carbocycles. The predicted molar refractivity (Wildman–Crippen MR) is 97.9 cm³/mol. The average molecular weight is 380 g/mol. The summed E-state index contributed by atoms with van der Waals surface area (Å²) in [5, 5.41) is 8.01. The van der Waals surface area contributed by atoms with E-state index >= 15 is 0 Å². The maximum atomic E-state index is 12.6. The molecular weight excluding hydrogens is 361 g/mol. The van der Waals surface area contributed by atoms with Crippen LogP contribution in [0.1, 0.15) is 23.3 Å². The van der Waals surface area contributed by atoms with Crippen LogP contribution in [0.3, 0.4) is 0 Å². The molecule has 8 heteroatoms. The lowest BCUT2D eigenvalue weighted by molar-refractivity contribution is 0.0732. The Bertz CT molecular complexity index is 589. The van der Waals surface area contributed by atoms with E-state index in [0.29, 0.717) is 11.7 Å². The van der Waals surface area contributed by atoms with Gasteiger partial charge in [-0.25, -0.2) is 4.98 Å². The molecule has 0 aromatic carbocycles. The Kier molecular flexibility index (Phi) is 7.79. The first-order chi connectivity index (χ1) is 9.79. The first-order valence-corrected chi connectivity index (χ1v) is 8.50. The molecule has 0 spiro atoms. The number of nitrogens with one attached hydrogen (secondary N) is 1. The molecule has 1 amide bonds. The third kappa shape index (κ3) is 4.00. The number of halogens is 2. The second-order valence-corrected chi connectivity index (χ2v) is 6.67. The van der Waals surface area contributed by atoms with E-state index in [-0.39, 0.29) is 30.7 Å². The molecule has 0 radical (unpaired) electrons. The Labute approximate surface area is 150 Å². The lowest BCUT2D eigenvalue weighted by atomic mass is 10.2. The Morgan fingerprint density at radius 3 is 2.95 bits per heavy atom. The first-order valence-electron chi connectivity index (χ1n) is 6.74. The van der Waals surface area contributed by atoms with Crippen molar-refractivity contribution in [2.45, 2.75) is 18.9 Å². The highest BCUT2D eigenvalue weighted by molar-refractivity contribution is 7.20. The fourth-order valence-corrected chi connectivity index (χ4v) is 4.19. The minimum atomic E-state index is 0. The molecule has 0 saturated carbocycles. The zero-order valence-electron chi connectivity index (χ0n) is 12.2. The van der Waals surface area contributed by atoms with Gasteiger partial charge < -0.3 is 10.2 Å². The van der Waals surface area contributed by atoms with E-state index < -0.39 is 0 Å². The largest absolute Gasteiger partial charge is 0.333 e. The number of carbonyl (C=O) groups is 1. The van der Waals surface area contributed by atoms with Gasteiger partial charge in [0.2, 0.25) is 0 Å². The molecule has 3 heterocycles. The van der Waals surface area contributed by atoms with Crippen LogP contribution < -0.4 is 5.32 Å². The van der Waals surface area contributed by atoms with Crippen LogP contribution in [0.4, 0.5) is 0 Å². The quantitative estimate of drug-likeness (QED) is 0.883. The number of thiazole rings is 1. The minimum Gasteiger partial charge on any atom is -0.333 e. The van der Waals surface area contributed by atoms with Crippen molar-refractivity contribution in [1.82, 2.24) is 15.2 Å². The van der Waals surface area contributed by atoms with E-state index in [1.807, 2.05) is 34.8 Å². The Hall–Kier alpha value is -0.660. The molecule has 0 bridgehead atoms. The SMILES string of the molecule is CNCC1CCCN1C(=O)c1csc(-c2cccs2)n1.Cl.Cl. The van der Waals surface area contributed by atoms with Crippen molar-refractivity contribution in [3.63, 3.8) is 0 Å². The molecule has 1 aliphatic heterocycles. The summed E-state index contributed by atoms with van der Waals surface area (Å²) >= 11 is 3.20. The highest BCUT2D eigenvalue weighted by Gasteiger charge is 2.30. The molecule has 1 unspecified atom stereocenters. The van der Waals surface area contributed by atoms with Crippen molar-refractivity contribution < 1.29 is 4.79 Å². The summed E-state index contributed by atoms with van der Waals surface area (Å²) in [6, 6.07) is 4.35. The number of hydrogen-bond donors (Lipinski definition) is 1. The molecule has 4 nitrogen and oxygen atoms in total. The lowest BCUT2D eigenvalue weighted by Gasteiger charge is -2.23. The maximum Gasteiger partial charge on any atom is 0.273 e. The number of carbonyl (C=O) groups excluding carboxylic acids is 1. The standard InChI is InChI=1S/C14H17N3OS2.2ClH/c1-15-8-10-4-2-6-17(10)14(18)11-9-20-13(16-11)12-5-3-7-19-12;;/h3,5,7,9-10,15H,2,4,6,8H2,1H3;2*1H. The van der Waals surface area contributed by atoms with Gasteiger partial charge in [0.15, 0.2) is 0 Å². The third-order valence-electron chi connectivity index (χ3n) is 3.53. The zero-order chi connectivity index (χ0) is 13.9. The number of thiophene rings is 1. The molecule has 22 heavy (non-hydrogen) atoms. The van der Waals surface area contributed by atoms with Crippen LogP contribution in [-0.2, 0) is 0 Å². The number of nitrogens with zero attached hydrogens (tertiary/aromatic N) is 2. The molecular formula is C14H19Cl2N3OS2. The summed E-state index contributed by atoms with van der Waals surface area (Å²) < 4.78 is 0. The van der Waals surface area contributed by atoms with E-state index in [9.17, 15) is 4.79 Å². The predicted octanol–water partition coefficient (Wildman–Crippen LogP) is 3.54. The monoisotopic (exact) mass is 379 g/mol. The van der Waals surface area contributed by atoms with Crippen LogP contribution in [0, 0.1) is 0 Å². The van der Waals surface area contributed by atoms with Crippen molar-refractivity contribution >= 4 is 53.4 Å². The van der Waals surface area contributed by atoms with Crippen LogP contribution in [-0.4, -0.2) is 42.0 Å². The second-order valence-electron chi connectivity index (χ2n) is 4.87. The van der Waals surface area contributed by atoms with E-state index in [4.69, 9.17) is 0 Å². The number of hydrogen-bond acceptors (Lipinski definition) is 5. The summed E-state index contributed by atoms with van der Waals surface area (Å²) in [6.45, 7) is 1.70. The maximum absolute atomic E-state index is 12.6. The summed E-state index contributed by atoms with van der Waals surface area (Å²) in [6.07, 6.45) is 2.16. The first kappa shape index (κ1) is 19.4. The van der Waals surface area contributed by atoms with Gasteiger partial charge in [0.05, 0.1) is 4.88 Å². The van der Waals surface area contributed by atoms with Crippen LogP contribution in [0.5, 0.6) is 0 Å². The Morgan fingerprint density at radius 1 is 1.45 bits per heavy atom. The van der Waals surface area contributed by atoms with Crippen molar-refractivity contribution in [2.24, 2.45) is 0 Å². The number of likely N-dealkylation sites (N-methyl/N-ethyl adjacent to an activating group) is 1. The normalized spacial score (nSPS) is 17.0. The Balaban J connectivity index is 0.00000121. The van der Waals surface area contributed by atoms with Gasteiger partial charge in [-0.3, -0.25) is 4.79 Å². The van der Waals surface area contributed by atoms with Crippen LogP contribution in [0.2, 0.25) is 0 Å². The third-order valence-corrected chi connectivity index (χ3v) is 5.41. The van der Waals surface area contributed by atoms with Gasteiger partial charge in [-0.1, -0.05) is 6.07 Å². The molecule has 2 aromatic rings. The molecule has 1 aliphatic rings. The number of rotatable bonds is 4. The van der Waals surface area contributed by atoms with Gasteiger partial charge in [-0.15, -0.1) is 47.5 Å². The van der Waals surface area contributed by atoms with Crippen molar-refractivity contribution in [3.8, 4) is 9.88 Å². The van der Waals surface area contributed by atoms with E-state index in [0.717, 1.165) is 35.8 Å². The van der Waals surface area contributed by atoms with E-state index in [1.54, 1.807) is 22.7 Å². The molecule has 3 rings (SSSR count). The topological polar surface area (TPSA) is 45.2 Å². The Morgan fingerprint density at radius 2 is 2.27 bits per heavy atom. The fourth-order valence-electron chi connectivity index (χ4n) is 2.58. The summed E-state index contributed by atoms with van der Waals surface area (Å²) in [7, 11) is 1.93. The van der Waals surface area contributed by atoms with Gasteiger partial charge in [-0.2, -0.15) is 0 Å². The van der Waals surface area contributed by atoms with Crippen LogP contribution in [0.15, 0.2) is 22.9 Å². The van der Waals surface area contributed by atoms with E-state index in [2.05, 4.69) is 10.3 Å². The van der Waals surface area contributed by atoms with Crippen molar-refractivity contribution in [1.29, 1.82) is 0 Å². The smallest absolute Gasteiger partial charge is 0.273 e. The second kappa shape index (κ2) is 8.84. The molecule has 1 fully saturated rings. The van der Waals surface area contributed by atoms with Crippen molar-refractivity contribution in [2.75, 3.05) is 20.1 Å². The molecule has 122 valence electrons. The van der Waals surface area contributed by atoms with Gasteiger partial charge >= 0.3 is 0 Å².